The monoisotopic (exact) mass is 829 g/mol. The first-order valence-electron chi connectivity index (χ1n) is 23.3. The van der Waals surface area contributed by atoms with Crippen LogP contribution in [0.3, 0.4) is 0 Å². The third kappa shape index (κ3) is 6.60. The lowest BCUT2D eigenvalue weighted by atomic mass is 9.35. The summed E-state index contributed by atoms with van der Waals surface area (Å²) in [7, 11) is 0. The van der Waals surface area contributed by atoms with Crippen LogP contribution in [0.2, 0.25) is 0 Å². The molecule has 3 nitrogen and oxygen atoms in total. The summed E-state index contributed by atoms with van der Waals surface area (Å²) in [5, 5.41) is 1.16. The average Bonchev–Trinajstić information content (AvgIpc) is 3.59. The molecule has 0 radical (unpaired) electrons. The van der Waals surface area contributed by atoms with Crippen molar-refractivity contribution in [3.05, 3.63) is 149 Å². The van der Waals surface area contributed by atoms with Crippen LogP contribution < -0.4 is 26.4 Å². The number of aryl methyl sites for hydroxylation is 1. The van der Waals surface area contributed by atoms with Gasteiger partial charge < -0.3 is 14.2 Å². The number of benzene rings is 6. The van der Waals surface area contributed by atoms with Gasteiger partial charge in [0, 0.05) is 33.7 Å². The van der Waals surface area contributed by atoms with E-state index in [2.05, 4.69) is 222 Å². The highest BCUT2D eigenvalue weighted by Crippen LogP contribution is 2.53. The maximum atomic E-state index is 7.34. The molecule has 10 rings (SSSR count). The van der Waals surface area contributed by atoms with E-state index in [1.807, 2.05) is 0 Å². The van der Waals surface area contributed by atoms with Crippen molar-refractivity contribution in [2.45, 2.75) is 137 Å². The highest BCUT2D eigenvalue weighted by atomic mass is 16.3. The van der Waals surface area contributed by atoms with Crippen molar-refractivity contribution in [3.8, 4) is 11.1 Å². The topological polar surface area (TPSA) is 19.6 Å². The fourth-order valence-electron chi connectivity index (χ4n) is 10.8. The Morgan fingerprint density at radius 3 is 1.75 bits per heavy atom. The molecule has 0 fully saturated rings. The number of furan rings is 1. The molecule has 1 aliphatic carbocycles. The molecule has 0 N–H and O–H groups in total. The van der Waals surface area contributed by atoms with Crippen molar-refractivity contribution in [2.75, 3.05) is 9.80 Å². The van der Waals surface area contributed by atoms with Gasteiger partial charge in [-0.1, -0.05) is 156 Å². The zero-order valence-corrected chi connectivity index (χ0v) is 40.3. The molecule has 0 amide bonds. The first kappa shape index (κ1) is 41.5. The Balaban J connectivity index is 1.38. The van der Waals surface area contributed by atoms with Gasteiger partial charge in [0.2, 0.25) is 0 Å². The van der Waals surface area contributed by atoms with Gasteiger partial charge >= 0.3 is 0 Å². The second-order valence-corrected chi connectivity index (χ2v) is 23.5. The molecule has 320 valence electrons. The van der Waals surface area contributed by atoms with Gasteiger partial charge in [-0.2, -0.15) is 0 Å². The van der Waals surface area contributed by atoms with Crippen LogP contribution in [0.1, 0.15) is 136 Å². The van der Waals surface area contributed by atoms with Crippen LogP contribution in [0.25, 0.3) is 22.1 Å². The van der Waals surface area contributed by atoms with Gasteiger partial charge in [0.1, 0.15) is 5.58 Å². The second kappa shape index (κ2) is 13.8. The van der Waals surface area contributed by atoms with Gasteiger partial charge in [0.15, 0.2) is 0 Å². The fraction of sp³-hybridized carbons (Fsp3) is 0.356. The summed E-state index contributed by atoms with van der Waals surface area (Å²) >= 11 is 0. The van der Waals surface area contributed by atoms with Crippen molar-refractivity contribution >= 4 is 68.4 Å². The predicted octanol–water partition coefficient (Wildman–Crippen LogP) is 14.7. The number of fused-ring (bicyclic) bond motifs is 7. The molecular weight excluding hydrogens is 763 g/mol. The summed E-state index contributed by atoms with van der Waals surface area (Å²) in [5.74, 6) is 0. The molecule has 2 aliphatic heterocycles. The van der Waals surface area contributed by atoms with Crippen LogP contribution in [0.4, 0.5) is 34.1 Å². The predicted molar refractivity (Wildman–Crippen MR) is 272 cm³/mol. The highest BCUT2D eigenvalue weighted by molar-refractivity contribution is 7.00. The van der Waals surface area contributed by atoms with Gasteiger partial charge in [0.25, 0.3) is 6.71 Å². The molecule has 4 heteroatoms. The summed E-state index contributed by atoms with van der Waals surface area (Å²) in [6.45, 7) is 32.9. The van der Waals surface area contributed by atoms with Crippen molar-refractivity contribution in [1.82, 2.24) is 0 Å². The minimum atomic E-state index is -0.135. The van der Waals surface area contributed by atoms with Gasteiger partial charge in [-0.25, -0.2) is 0 Å². The first-order chi connectivity index (χ1) is 29.5. The van der Waals surface area contributed by atoms with Gasteiger partial charge in [-0.15, -0.1) is 0 Å². The molecule has 6 aromatic carbocycles. The van der Waals surface area contributed by atoms with Crippen LogP contribution in [-0.2, 0) is 27.1 Å². The van der Waals surface area contributed by atoms with Crippen LogP contribution in [0.15, 0.2) is 120 Å². The molecule has 1 aromatic heterocycles. The van der Waals surface area contributed by atoms with E-state index >= 15 is 0 Å². The van der Waals surface area contributed by atoms with E-state index in [9.17, 15) is 0 Å². The molecule has 0 atom stereocenters. The van der Waals surface area contributed by atoms with Crippen molar-refractivity contribution in [3.63, 3.8) is 0 Å². The van der Waals surface area contributed by atoms with E-state index in [0.29, 0.717) is 0 Å². The minimum absolute atomic E-state index is 0.0211. The van der Waals surface area contributed by atoms with Crippen LogP contribution in [0, 0.1) is 6.92 Å². The third-order valence-electron chi connectivity index (χ3n) is 14.8. The van der Waals surface area contributed by atoms with Crippen LogP contribution in [-0.4, -0.2) is 6.71 Å². The Morgan fingerprint density at radius 1 is 0.540 bits per heavy atom. The number of rotatable bonds is 3. The fourth-order valence-corrected chi connectivity index (χ4v) is 10.8. The van der Waals surface area contributed by atoms with Gasteiger partial charge in [-0.05, 0) is 146 Å². The molecule has 0 unspecified atom stereocenters. The SMILES string of the molecule is Cc1ccc2oc3c(c2c1)N(c1ccc(C(C)(C)C)cc1)c1cc(C(C)(C)C)cc2c1B3c1cc3c(cc1N2c1ccc(C(C)(C)C)cc1-c1ccccc1)C(C)(C)CCC3(C)C. The lowest BCUT2D eigenvalue weighted by Gasteiger charge is -2.47. The van der Waals surface area contributed by atoms with E-state index in [4.69, 9.17) is 4.42 Å². The molecule has 7 aromatic rings. The summed E-state index contributed by atoms with van der Waals surface area (Å²) in [4.78, 5) is 5.21. The Morgan fingerprint density at radius 2 is 1.13 bits per heavy atom. The Hall–Kier alpha value is -5.48. The average molecular weight is 829 g/mol. The molecule has 0 saturated heterocycles. The molecule has 63 heavy (non-hydrogen) atoms. The molecule has 0 bridgehead atoms. The van der Waals surface area contributed by atoms with Crippen molar-refractivity contribution in [1.29, 1.82) is 0 Å². The minimum Gasteiger partial charge on any atom is -0.468 e. The standard InChI is InChI=1S/C59H65BN2O/c1-36-20-27-51-43(30-36)53-54(63-51)60-46-34-44-45(59(13,14)29-28-58(44,11)12)35-48(46)62(47-26-23-39(56(5,6)7)31-42(47)37-18-16-15-17-19-37)50-33-40(57(8,9)10)32-49(52(50)60)61(53)41-24-21-38(22-25-41)55(2,3)4/h15-27,30-35H,28-29H2,1-14H3. The number of anilines is 6. The first-order valence-corrected chi connectivity index (χ1v) is 23.3. The summed E-state index contributed by atoms with van der Waals surface area (Å²) in [5.41, 5.74) is 22.2. The molecular formula is C59H65BN2O. The Labute approximate surface area is 377 Å². The quantitative estimate of drug-likeness (QED) is 0.165. The summed E-state index contributed by atoms with van der Waals surface area (Å²) in [6, 6.07) is 44.6. The molecule has 0 spiro atoms. The van der Waals surface area contributed by atoms with Gasteiger partial charge in [-0.3, -0.25) is 0 Å². The van der Waals surface area contributed by atoms with Crippen LogP contribution >= 0.6 is 0 Å². The van der Waals surface area contributed by atoms with E-state index in [1.165, 1.54) is 78.2 Å². The van der Waals surface area contributed by atoms with E-state index in [0.717, 1.165) is 40.8 Å². The summed E-state index contributed by atoms with van der Waals surface area (Å²) < 4.78 is 7.34. The lowest BCUT2D eigenvalue weighted by molar-refractivity contribution is 0.332. The van der Waals surface area contributed by atoms with Gasteiger partial charge in [0.05, 0.1) is 17.0 Å². The van der Waals surface area contributed by atoms with Crippen LogP contribution in [0.5, 0.6) is 0 Å². The summed E-state index contributed by atoms with van der Waals surface area (Å²) in [6.07, 6.45) is 2.30. The number of hydrogen-bond acceptors (Lipinski definition) is 3. The Kier molecular flexibility index (Phi) is 9.07. The number of nitrogens with zero attached hydrogens (tertiary/aromatic N) is 2. The van der Waals surface area contributed by atoms with E-state index in [1.54, 1.807) is 0 Å². The Bertz CT molecular complexity index is 2960. The third-order valence-corrected chi connectivity index (χ3v) is 14.8. The zero-order valence-electron chi connectivity index (χ0n) is 40.3. The van der Waals surface area contributed by atoms with Crippen molar-refractivity contribution in [2.24, 2.45) is 0 Å². The van der Waals surface area contributed by atoms with E-state index < -0.39 is 0 Å². The molecule has 3 aliphatic rings. The lowest BCUT2D eigenvalue weighted by Crippen LogP contribution is -2.61. The highest BCUT2D eigenvalue weighted by Gasteiger charge is 2.49. The maximum Gasteiger partial charge on any atom is 0.297 e. The zero-order chi connectivity index (χ0) is 44.8. The smallest absolute Gasteiger partial charge is 0.297 e. The second-order valence-electron chi connectivity index (χ2n) is 23.5. The van der Waals surface area contributed by atoms with Crippen molar-refractivity contribution < 1.29 is 4.42 Å². The number of hydrogen-bond donors (Lipinski definition) is 0. The molecule has 3 heterocycles. The molecule has 0 saturated carbocycles. The normalized spacial score (nSPS) is 16.4. The van der Waals surface area contributed by atoms with E-state index in [-0.39, 0.29) is 33.8 Å². The largest absolute Gasteiger partial charge is 0.468 e. The maximum absolute atomic E-state index is 7.34.